The summed E-state index contributed by atoms with van der Waals surface area (Å²) >= 11 is 1.59. The van der Waals surface area contributed by atoms with E-state index >= 15 is 0 Å². The molecule has 1 aromatic heterocycles. The second-order valence-corrected chi connectivity index (χ2v) is 7.92. The monoisotopic (exact) mass is 405 g/mol. The Morgan fingerprint density at radius 1 is 0.966 bits per heavy atom. The number of carbonyl (C=O) groups is 1. The zero-order chi connectivity index (χ0) is 20.6. The molecule has 0 fully saturated rings. The van der Waals surface area contributed by atoms with Crippen LogP contribution in [0.15, 0.2) is 59.6 Å². The van der Waals surface area contributed by atoms with Gasteiger partial charge in [-0.25, -0.2) is 9.97 Å². The number of benzene rings is 2. The number of nitrogens with one attached hydrogen (secondary N) is 1. The van der Waals surface area contributed by atoms with Crippen LogP contribution in [0.2, 0.25) is 0 Å². The van der Waals surface area contributed by atoms with Crippen LogP contribution >= 0.6 is 11.8 Å². The highest BCUT2D eigenvalue weighted by molar-refractivity contribution is 7.99. The van der Waals surface area contributed by atoms with Crippen LogP contribution in [0.3, 0.4) is 0 Å². The number of hydrogen-bond donors (Lipinski definition) is 1. The summed E-state index contributed by atoms with van der Waals surface area (Å²) in [6.07, 6.45) is 2.25. The van der Waals surface area contributed by atoms with E-state index in [-0.39, 0.29) is 5.91 Å². The Hall–Kier alpha value is -2.66. The number of aryl methyl sites for hydroxylation is 3. The molecule has 0 saturated heterocycles. The fraction of sp³-hybridized carbons (Fsp3) is 0.292. The number of carbonyl (C=O) groups excluding carboxylic acids is 1. The van der Waals surface area contributed by atoms with Gasteiger partial charge in [0.15, 0.2) is 0 Å². The van der Waals surface area contributed by atoms with Crippen molar-refractivity contribution in [2.24, 2.45) is 0 Å². The topological polar surface area (TPSA) is 54.9 Å². The molecule has 150 valence electrons. The highest BCUT2D eigenvalue weighted by Gasteiger charge is 2.11. The highest BCUT2D eigenvalue weighted by atomic mass is 32.2. The lowest BCUT2D eigenvalue weighted by Crippen LogP contribution is -2.15. The predicted octanol–water partition coefficient (Wildman–Crippen LogP) is 5.70. The lowest BCUT2D eigenvalue weighted by Gasteiger charge is -2.14. The van der Waals surface area contributed by atoms with Crippen molar-refractivity contribution in [3.63, 3.8) is 0 Å². The molecule has 29 heavy (non-hydrogen) atoms. The van der Waals surface area contributed by atoms with E-state index in [0.717, 1.165) is 40.6 Å². The predicted molar refractivity (Wildman–Crippen MR) is 121 cm³/mol. The molecule has 3 rings (SSSR count). The van der Waals surface area contributed by atoms with Crippen molar-refractivity contribution in [1.82, 2.24) is 9.97 Å². The average Bonchev–Trinajstić information content (AvgIpc) is 2.74. The van der Waals surface area contributed by atoms with Gasteiger partial charge in [-0.3, -0.25) is 4.79 Å². The van der Waals surface area contributed by atoms with E-state index in [1.54, 1.807) is 11.8 Å². The van der Waals surface area contributed by atoms with Crippen molar-refractivity contribution in [2.45, 2.75) is 45.1 Å². The molecule has 1 amide bonds. The molecular weight excluding hydrogens is 378 g/mol. The third-order valence-corrected chi connectivity index (χ3v) is 5.64. The van der Waals surface area contributed by atoms with Gasteiger partial charge >= 0.3 is 0 Å². The van der Waals surface area contributed by atoms with Crippen LogP contribution in [-0.4, -0.2) is 21.6 Å². The van der Waals surface area contributed by atoms with Crippen molar-refractivity contribution in [1.29, 1.82) is 0 Å². The fourth-order valence-corrected chi connectivity index (χ4v) is 4.11. The molecular formula is C24H27N3OS. The molecule has 0 unspecified atom stereocenters. The summed E-state index contributed by atoms with van der Waals surface area (Å²) in [5.74, 6) is 1.46. The number of anilines is 1. The Labute approximate surface area is 177 Å². The van der Waals surface area contributed by atoms with Crippen LogP contribution in [0.4, 0.5) is 5.69 Å². The first-order valence-corrected chi connectivity index (χ1v) is 11.0. The molecule has 5 heteroatoms. The smallest absolute Gasteiger partial charge is 0.225 e. The summed E-state index contributed by atoms with van der Waals surface area (Å²) in [7, 11) is 0. The molecule has 0 aliphatic heterocycles. The Morgan fingerprint density at radius 2 is 1.66 bits per heavy atom. The summed E-state index contributed by atoms with van der Waals surface area (Å²) in [6.45, 7) is 6.13. The normalized spacial score (nSPS) is 10.7. The highest BCUT2D eigenvalue weighted by Crippen LogP contribution is 2.25. The van der Waals surface area contributed by atoms with E-state index in [1.807, 2.05) is 43.3 Å². The first kappa shape index (κ1) is 21.1. The van der Waals surface area contributed by atoms with Gasteiger partial charge in [0.2, 0.25) is 5.91 Å². The minimum atomic E-state index is 0.0437. The minimum absolute atomic E-state index is 0.0437. The lowest BCUT2D eigenvalue weighted by molar-refractivity contribution is -0.115. The molecule has 0 saturated carbocycles. The van der Waals surface area contributed by atoms with Crippen molar-refractivity contribution in [2.75, 3.05) is 11.1 Å². The number of rotatable bonds is 8. The zero-order valence-electron chi connectivity index (χ0n) is 17.2. The summed E-state index contributed by atoms with van der Waals surface area (Å²) < 4.78 is 0. The van der Waals surface area contributed by atoms with Crippen LogP contribution in [0.5, 0.6) is 0 Å². The van der Waals surface area contributed by atoms with Gasteiger partial charge in [-0.15, -0.1) is 11.8 Å². The standard InChI is InChI=1S/C24H27N3OS/c1-4-18-12-9-13-19(5-2)24(18)27-22(28)14-15-29-23-16-21(25-17(3)26-23)20-10-7-6-8-11-20/h6-13,16H,4-5,14-15H2,1-3H3,(H,27,28). The molecule has 0 bridgehead atoms. The molecule has 3 aromatic rings. The molecule has 0 atom stereocenters. The van der Waals surface area contributed by atoms with Crippen molar-refractivity contribution in [3.05, 3.63) is 71.5 Å². The van der Waals surface area contributed by atoms with Gasteiger partial charge < -0.3 is 5.32 Å². The van der Waals surface area contributed by atoms with E-state index in [9.17, 15) is 4.79 Å². The molecule has 4 nitrogen and oxygen atoms in total. The quantitative estimate of drug-likeness (QED) is 0.386. The van der Waals surface area contributed by atoms with Crippen LogP contribution in [0, 0.1) is 6.92 Å². The molecule has 2 aromatic carbocycles. The summed E-state index contributed by atoms with van der Waals surface area (Å²) in [5, 5.41) is 4.03. The van der Waals surface area contributed by atoms with Gasteiger partial charge in [0.05, 0.1) is 5.69 Å². The molecule has 1 heterocycles. The third-order valence-electron chi connectivity index (χ3n) is 4.73. The first-order valence-electron chi connectivity index (χ1n) is 10.0. The van der Waals surface area contributed by atoms with Crippen LogP contribution in [-0.2, 0) is 17.6 Å². The van der Waals surface area contributed by atoms with E-state index in [1.165, 1.54) is 11.1 Å². The number of thioether (sulfide) groups is 1. The second kappa shape index (κ2) is 10.2. The SMILES string of the molecule is CCc1cccc(CC)c1NC(=O)CCSc1cc(-c2ccccc2)nc(C)n1. The molecule has 0 aliphatic rings. The number of hydrogen-bond acceptors (Lipinski definition) is 4. The van der Waals surface area contributed by atoms with E-state index in [0.29, 0.717) is 12.2 Å². The Morgan fingerprint density at radius 3 is 2.31 bits per heavy atom. The molecule has 0 aliphatic carbocycles. The Balaban J connectivity index is 1.62. The van der Waals surface area contributed by atoms with E-state index in [2.05, 4.69) is 47.3 Å². The fourth-order valence-electron chi connectivity index (χ4n) is 3.22. The summed E-state index contributed by atoms with van der Waals surface area (Å²) in [6, 6.07) is 18.3. The van der Waals surface area contributed by atoms with Crippen molar-refractivity contribution in [3.8, 4) is 11.3 Å². The second-order valence-electron chi connectivity index (χ2n) is 6.81. The molecule has 1 N–H and O–H groups in total. The van der Waals surface area contributed by atoms with Gasteiger partial charge in [0, 0.05) is 23.4 Å². The maximum Gasteiger partial charge on any atom is 0.225 e. The maximum atomic E-state index is 12.5. The summed E-state index contributed by atoms with van der Waals surface area (Å²) in [5.41, 5.74) is 5.33. The largest absolute Gasteiger partial charge is 0.326 e. The number of aromatic nitrogens is 2. The number of para-hydroxylation sites is 1. The average molecular weight is 406 g/mol. The van der Waals surface area contributed by atoms with Crippen molar-refractivity contribution < 1.29 is 4.79 Å². The molecule has 0 radical (unpaired) electrons. The van der Waals surface area contributed by atoms with Gasteiger partial charge in [-0.05, 0) is 37.0 Å². The lowest BCUT2D eigenvalue weighted by atomic mass is 10.0. The van der Waals surface area contributed by atoms with Gasteiger partial charge in [-0.2, -0.15) is 0 Å². The summed E-state index contributed by atoms with van der Waals surface area (Å²) in [4.78, 5) is 21.6. The van der Waals surface area contributed by atoms with Crippen molar-refractivity contribution >= 4 is 23.4 Å². The number of amides is 1. The Bertz CT molecular complexity index is 951. The first-order chi connectivity index (χ1) is 14.1. The van der Waals surface area contributed by atoms with Gasteiger partial charge in [0.1, 0.15) is 10.9 Å². The van der Waals surface area contributed by atoms with Crippen LogP contribution < -0.4 is 5.32 Å². The van der Waals surface area contributed by atoms with Gasteiger partial charge in [0.25, 0.3) is 0 Å². The zero-order valence-corrected chi connectivity index (χ0v) is 18.1. The number of nitrogens with zero attached hydrogens (tertiary/aromatic N) is 2. The van der Waals surface area contributed by atoms with Crippen LogP contribution in [0.1, 0.15) is 37.2 Å². The van der Waals surface area contributed by atoms with E-state index < -0.39 is 0 Å². The van der Waals surface area contributed by atoms with Gasteiger partial charge in [-0.1, -0.05) is 62.4 Å². The molecule has 0 spiro atoms. The third kappa shape index (κ3) is 5.67. The minimum Gasteiger partial charge on any atom is -0.326 e. The maximum absolute atomic E-state index is 12.5. The van der Waals surface area contributed by atoms with E-state index in [4.69, 9.17) is 0 Å². The Kier molecular flexibility index (Phi) is 7.42. The van der Waals surface area contributed by atoms with Crippen LogP contribution in [0.25, 0.3) is 11.3 Å².